The highest BCUT2D eigenvalue weighted by atomic mass is 32.2. The quantitative estimate of drug-likeness (QED) is 0.855. The Kier molecular flexibility index (Phi) is 4.77. The van der Waals surface area contributed by atoms with Crippen molar-refractivity contribution < 1.29 is 13.2 Å². The molecule has 1 aliphatic rings. The maximum absolute atomic E-state index is 12.5. The topological polar surface area (TPSA) is 86.3 Å². The largest absolute Gasteiger partial charge is 0.375 e. The number of hydrogen-bond acceptors (Lipinski definition) is 4. The van der Waals surface area contributed by atoms with Crippen molar-refractivity contribution in [2.75, 3.05) is 6.61 Å². The standard InChI is InChI=1S/C14H25N3O3S/c1-4-17-10-13(7-12(17)9-15)21(18,19)16-11-5-6-20-14(2,3)8-11/h7,10-11,16H,4-6,8-9,15H2,1-3H3. The van der Waals surface area contributed by atoms with Crippen LogP contribution in [0.25, 0.3) is 0 Å². The molecule has 0 radical (unpaired) electrons. The van der Waals surface area contributed by atoms with Gasteiger partial charge in [0.05, 0.1) is 10.5 Å². The monoisotopic (exact) mass is 315 g/mol. The van der Waals surface area contributed by atoms with Crippen LogP contribution in [0.4, 0.5) is 0 Å². The summed E-state index contributed by atoms with van der Waals surface area (Å²) in [5.41, 5.74) is 6.19. The Bertz CT molecular complexity index is 571. The molecule has 1 unspecified atom stereocenters. The lowest BCUT2D eigenvalue weighted by Crippen LogP contribution is -2.45. The Balaban J connectivity index is 2.16. The first-order valence-corrected chi connectivity index (χ1v) is 8.81. The lowest BCUT2D eigenvalue weighted by Gasteiger charge is -2.35. The van der Waals surface area contributed by atoms with Crippen molar-refractivity contribution in [1.82, 2.24) is 9.29 Å². The molecular formula is C14H25N3O3S. The predicted molar refractivity (Wildman–Crippen MR) is 81.4 cm³/mol. The van der Waals surface area contributed by atoms with Gasteiger partial charge in [0.1, 0.15) is 0 Å². The van der Waals surface area contributed by atoms with Crippen molar-refractivity contribution in [2.45, 2.75) is 63.2 Å². The molecule has 1 aromatic heterocycles. The number of aromatic nitrogens is 1. The van der Waals surface area contributed by atoms with Gasteiger partial charge in [0.15, 0.2) is 0 Å². The van der Waals surface area contributed by atoms with Gasteiger partial charge in [-0.3, -0.25) is 0 Å². The van der Waals surface area contributed by atoms with Crippen LogP contribution in [-0.2, 0) is 27.8 Å². The van der Waals surface area contributed by atoms with E-state index in [0.717, 1.165) is 5.69 Å². The zero-order valence-electron chi connectivity index (χ0n) is 12.9. The molecule has 0 saturated carbocycles. The van der Waals surface area contributed by atoms with Crippen LogP contribution in [0, 0.1) is 0 Å². The Morgan fingerprint density at radius 2 is 2.24 bits per heavy atom. The average Bonchev–Trinajstić information content (AvgIpc) is 2.80. The molecule has 1 aromatic rings. The Morgan fingerprint density at radius 3 is 2.76 bits per heavy atom. The second-order valence-electron chi connectivity index (χ2n) is 6.08. The fourth-order valence-electron chi connectivity index (χ4n) is 2.76. The first kappa shape index (κ1) is 16.5. The smallest absolute Gasteiger partial charge is 0.242 e. The van der Waals surface area contributed by atoms with E-state index in [1.165, 1.54) is 0 Å². The molecule has 120 valence electrons. The van der Waals surface area contributed by atoms with Crippen molar-refractivity contribution in [3.8, 4) is 0 Å². The SMILES string of the molecule is CCn1cc(S(=O)(=O)NC2CCOC(C)(C)C2)cc1CN. The highest BCUT2D eigenvalue weighted by Gasteiger charge is 2.32. The van der Waals surface area contributed by atoms with Gasteiger partial charge in [0, 0.05) is 37.6 Å². The summed E-state index contributed by atoms with van der Waals surface area (Å²) in [5, 5.41) is 0. The van der Waals surface area contributed by atoms with Crippen LogP contribution in [0.15, 0.2) is 17.2 Å². The van der Waals surface area contributed by atoms with Gasteiger partial charge < -0.3 is 15.0 Å². The third-order valence-electron chi connectivity index (χ3n) is 3.84. The molecule has 1 saturated heterocycles. The summed E-state index contributed by atoms with van der Waals surface area (Å²) in [6.45, 7) is 7.52. The van der Waals surface area contributed by atoms with E-state index in [0.29, 0.717) is 32.5 Å². The second-order valence-corrected chi connectivity index (χ2v) is 7.79. The Hall–Kier alpha value is -0.890. The van der Waals surface area contributed by atoms with Crippen molar-refractivity contribution in [1.29, 1.82) is 0 Å². The van der Waals surface area contributed by atoms with E-state index >= 15 is 0 Å². The minimum atomic E-state index is -3.51. The third kappa shape index (κ3) is 3.85. The molecular weight excluding hydrogens is 290 g/mol. The van der Waals surface area contributed by atoms with Crippen molar-refractivity contribution in [3.05, 3.63) is 18.0 Å². The Morgan fingerprint density at radius 1 is 1.52 bits per heavy atom. The van der Waals surface area contributed by atoms with Crippen molar-refractivity contribution in [2.24, 2.45) is 5.73 Å². The van der Waals surface area contributed by atoms with E-state index in [1.807, 2.05) is 25.3 Å². The first-order chi connectivity index (χ1) is 9.77. The van der Waals surface area contributed by atoms with Gasteiger partial charge in [-0.25, -0.2) is 13.1 Å². The molecule has 0 amide bonds. The average molecular weight is 315 g/mol. The molecule has 0 aromatic carbocycles. The van der Waals surface area contributed by atoms with Crippen LogP contribution in [-0.4, -0.2) is 31.2 Å². The highest BCUT2D eigenvalue weighted by molar-refractivity contribution is 7.89. The number of rotatable bonds is 5. The van der Waals surface area contributed by atoms with Gasteiger partial charge in [0.25, 0.3) is 0 Å². The van der Waals surface area contributed by atoms with Gasteiger partial charge in [-0.05, 0) is 39.7 Å². The summed E-state index contributed by atoms with van der Waals surface area (Å²) in [6.07, 6.45) is 3.01. The molecule has 7 heteroatoms. The van der Waals surface area contributed by atoms with Gasteiger partial charge in [-0.15, -0.1) is 0 Å². The van der Waals surface area contributed by atoms with Crippen LogP contribution in [0.3, 0.4) is 0 Å². The zero-order valence-corrected chi connectivity index (χ0v) is 13.7. The van der Waals surface area contributed by atoms with E-state index in [4.69, 9.17) is 10.5 Å². The van der Waals surface area contributed by atoms with Gasteiger partial charge in [-0.1, -0.05) is 0 Å². The number of sulfonamides is 1. The van der Waals surface area contributed by atoms with E-state index in [9.17, 15) is 8.42 Å². The second kappa shape index (κ2) is 6.08. The molecule has 2 heterocycles. The summed E-state index contributed by atoms with van der Waals surface area (Å²) < 4.78 is 35.3. The fraction of sp³-hybridized carbons (Fsp3) is 0.714. The third-order valence-corrected chi connectivity index (χ3v) is 5.33. The number of nitrogens with one attached hydrogen (secondary N) is 1. The molecule has 21 heavy (non-hydrogen) atoms. The lowest BCUT2D eigenvalue weighted by atomic mass is 9.95. The van der Waals surface area contributed by atoms with E-state index < -0.39 is 10.0 Å². The number of aryl methyl sites for hydroxylation is 1. The van der Waals surface area contributed by atoms with Crippen LogP contribution in [0.1, 0.15) is 39.3 Å². The molecule has 1 aliphatic heterocycles. The minimum absolute atomic E-state index is 0.0925. The molecule has 1 fully saturated rings. The minimum Gasteiger partial charge on any atom is -0.375 e. The van der Waals surface area contributed by atoms with Gasteiger partial charge in [0.2, 0.25) is 10.0 Å². The van der Waals surface area contributed by atoms with Crippen LogP contribution >= 0.6 is 0 Å². The van der Waals surface area contributed by atoms with Gasteiger partial charge in [-0.2, -0.15) is 0 Å². The number of hydrogen-bond donors (Lipinski definition) is 2. The summed E-state index contributed by atoms with van der Waals surface area (Å²) >= 11 is 0. The fourth-order valence-corrected chi connectivity index (χ4v) is 4.09. The first-order valence-electron chi connectivity index (χ1n) is 7.33. The molecule has 0 aliphatic carbocycles. The van der Waals surface area contributed by atoms with Crippen LogP contribution in [0.5, 0.6) is 0 Å². The van der Waals surface area contributed by atoms with Crippen LogP contribution < -0.4 is 10.5 Å². The van der Waals surface area contributed by atoms with E-state index in [2.05, 4.69) is 4.72 Å². The highest BCUT2D eigenvalue weighted by Crippen LogP contribution is 2.25. The summed E-state index contributed by atoms with van der Waals surface area (Å²) in [5.74, 6) is 0. The molecule has 0 bridgehead atoms. The van der Waals surface area contributed by atoms with E-state index in [1.54, 1.807) is 12.3 Å². The van der Waals surface area contributed by atoms with Crippen molar-refractivity contribution in [3.63, 3.8) is 0 Å². The Labute approximate surface area is 126 Å². The molecule has 0 spiro atoms. The number of ether oxygens (including phenoxy) is 1. The predicted octanol–water partition coefficient (Wildman–Crippen LogP) is 1.20. The normalized spacial score (nSPS) is 22.4. The van der Waals surface area contributed by atoms with Gasteiger partial charge >= 0.3 is 0 Å². The molecule has 1 atom stereocenters. The van der Waals surface area contributed by atoms with Crippen LogP contribution in [0.2, 0.25) is 0 Å². The molecule has 2 rings (SSSR count). The summed E-state index contributed by atoms with van der Waals surface area (Å²) in [6, 6.07) is 1.56. The maximum Gasteiger partial charge on any atom is 0.242 e. The maximum atomic E-state index is 12.5. The summed E-state index contributed by atoms with van der Waals surface area (Å²) in [4.78, 5) is 0.286. The lowest BCUT2D eigenvalue weighted by molar-refractivity contribution is -0.0599. The van der Waals surface area contributed by atoms with E-state index in [-0.39, 0.29) is 16.5 Å². The zero-order chi connectivity index (χ0) is 15.7. The molecule has 6 nitrogen and oxygen atoms in total. The molecule has 3 N–H and O–H groups in total. The van der Waals surface area contributed by atoms with Crippen molar-refractivity contribution >= 4 is 10.0 Å². The number of nitrogens with two attached hydrogens (primary N) is 1. The number of nitrogens with zero attached hydrogens (tertiary/aromatic N) is 1. The summed E-state index contributed by atoms with van der Waals surface area (Å²) in [7, 11) is -3.51.